The molecule has 39 heavy (non-hydrogen) atoms. The number of nitrogens with one attached hydrogen (secondary N) is 1. The SMILES string of the molecule is CCOC(=O)N1CCN(S(=O)(=O)c2ccc(C(=O)Nc3sc4c(c3C(N)=O)CCN(C(=O)OC)C4)cc2)CC1. The first-order valence-electron chi connectivity index (χ1n) is 12.2. The molecule has 2 aliphatic rings. The molecule has 15 heteroatoms. The number of methoxy groups -OCH3 is 1. The van der Waals surface area contributed by atoms with Gasteiger partial charge >= 0.3 is 12.2 Å². The van der Waals surface area contributed by atoms with E-state index >= 15 is 0 Å². The van der Waals surface area contributed by atoms with Crippen LogP contribution in [0.25, 0.3) is 0 Å². The van der Waals surface area contributed by atoms with Crippen LogP contribution >= 0.6 is 11.3 Å². The van der Waals surface area contributed by atoms with E-state index in [2.05, 4.69) is 5.32 Å². The number of primary amides is 1. The normalized spacial score (nSPS) is 15.8. The third kappa shape index (κ3) is 5.84. The highest BCUT2D eigenvalue weighted by atomic mass is 32.2. The Balaban J connectivity index is 1.46. The van der Waals surface area contributed by atoms with Crippen LogP contribution in [0.15, 0.2) is 29.2 Å². The fourth-order valence-electron chi connectivity index (χ4n) is 4.47. The van der Waals surface area contributed by atoms with Crippen molar-refractivity contribution in [2.24, 2.45) is 5.73 Å². The molecule has 3 heterocycles. The zero-order valence-electron chi connectivity index (χ0n) is 21.5. The molecular weight excluding hydrogens is 550 g/mol. The zero-order chi connectivity index (χ0) is 28.3. The molecule has 0 bridgehead atoms. The van der Waals surface area contributed by atoms with Crippen LogP contribution in [0.3, 0.4) is 0 Å². The van der Waals surface area contributed by atoms with Crippen LogP contribution in [0.4, 0.5) is 14.6 Å². The molecule has 1 aromatic carbocycles. The number of sulfonamides is 1. The number of rotatable bonds is 6. The highest BCUT2D eigenvalue weighted by Gasteiger charge is 2.32. The van der Waals surface area contributed by atoms with Crippen LogP contribution in [-0.2, 0) is 32.5 Å². The summed E-state index contributed by atoms with van der Waals surface area (Å²) in [7, 11) is -2.55. The topological polar surface area (TPSA) is 169 Å². The van der Waals surface area contributed by atoms with E-state index < -0.39 is 34.0 Å². The van der Waals surface area contributed by atoms with Gasteiger partial charge in [0.1, 0.15) is 5.00 Å². The molecule has 0 aliphatic carbocycles. The van der Waals surface area contributed by atoms with Gasteiger partial charge in [0.05, 0.1) is 30.7 Å². The quantitative estimate of drug-likeness (QED) is 0.521. The van der Waals surface area contributed by atoms with Gasteiger partial charge in [-0.15, -0.1) is 11.3 Å². The maximum absolute atomic E-state index is 13.1. The number of hydrogen-bond donors (Lipinski definition) is 2. The predicted molar refractivity (Wildman–Crippen MR) is 141 cm³/mol. The first kappa shape index (κ1) is 28.3. The average molecular weight is 580 g/mol. The Morgan fingerprint density at radius 3 is 2.26 bits per heavy atom. The number of amides is 4. The number of nitrogens with zero attached hydrogens (tertiary/aromatic N) is 3. The Hall–Kier alpha value is -3.69. The summed E-state index contributed by atoms with van der Waals surface area (Å²) in [5.41, 5.74) is 6.68. The molecule has 210 valence electrons. The molecule has 13 nitrogen and oxygen atoms in total. The van der Waals surface area contributed by atoms with Crippen LogP contribution in [0.5, 0.6) is 0 Å². The van der Waals surface area contributed by atoms with Crippen molar-refractivity contribution in [3.8, 4) is 0 Å². The highest BCUT2D eigenvalue weighted by molar-refractivity contribution is 7.89. The standard InChI is InChI=1S/C24H29N5O8S2/c1-3-37-24(33)27-10-12-29(13-11-27)39(34,35)16-6-4-15(5-7-16)21(31)26-22-19(20(25)30)17-8-9-28(23(32)36-2)14-18(17)38-22/h4-7H,3,8-14H2,1-2H3,(H2,25,30)(H,26,31). The van der Waals surface area contributed by atoms with E-state index in [0.717, 1.165) is 16.2 Å². The number of hydrogen-bond acceptors (Lipinski definition) is 9. The molecule has 1 aromatic heterocycles. The van der Waals surface area contributed by atoms with Crippen LogP contribution < -0.4 is 11.1 Å². The Morgan fingerprint density at radius 2 is 1.67 bits per heavy atom. The first-order chi connectivity index (χ1) is 18.6. The fourth-order valence-corrected chi connectivity index (χ4v) is 7.15. The second-order valence-electron chi connectivity index (χ2n) is 8.78. The molecule has 0 spiro atoms. The summed E-state index contributed by atoms with van der Waals surface area (Å²) < 4.78 is 37.2. The van der Waals surface area contributed by atoms with Gasteiger partial charge in [-0.3, -0.25) is 9.59 Å². The number of fused-ring (bicyclic) bond motifs is 1. The summed E-state index contributed by atoms with van der Waals surface area (Å²) in [5, 5.41) is 2.97. The maximum Gasteiger partial charge on any atom is 0.409 e. The lowest BCUT2D eigenvalue weighted by atomic mass is 10.0. The van der Waals surface area contributed by atoms with Crippen molar-refractivity contribution >= 4 is 50.4 Å². The number of anilines is 1. The van der Waals surface area contributed by atoms with Crippen LogP contribution in [0.1, 0.15) is 38.1 Å². The third-order valence-corrected chi connectivity index (χ3v) is 9.53. The highest BCUT2D eigenvalue weighted by Crippen LogP contribution is 2.37. The monoisotopic (exact) mass is 579 g/mol. The number of carbonyl (C=O) groups is 4. The molecule has 1 saturated heterocycles. The number of carbonyl (C=O) groups excluding carboxylic acids is 4. The van der Waals surface area contributed by atoms with Gasteiger partial charge < -0.3 is 30.3 Å². The van der Waals surface area contributed by atoms with Crippen LogP contribution in [0, 0.1) is 0 Å². The first-order valence-corrected chi connectivity index (χ1v) is 14.4. The van der Waals surface area contributed by atoms with Gasteiger partial charge in [-0.2, -0.15) is 4.31 Å². The van der Waals surface area contributed by atoms with E-state index in [0.29, 0.717) is 18.5 Å². The summed E-state index contributed by atoms with van der Waals surface area (Å²) in [6.45, 7) is 3.18. The predicted octanol–water partition coefficient (Wildman–Crippen LogP) is 1.69. The molecule has 0 unspecified atom stereocenters. The van der Waals surface area contributed by atoms with E-state index in [1.807, 2.05) is 0 Å². The van der Waals surface area contributed by atoms with Crippen molar-refractivity contribution in [1.29, 1.82) is 0 Å². The van der Waals surface area contributed by atoms with E-state index in [4.69, 9.17) is 15.2 Å². The van der Waals surface area contributed by atoms with Crippen molar-refractivity contribution < 1.29 is 37.1 Å². The molecule has 0 atom stereocenters. The van der Waals surface area contributed by atoms with E-state index in [-0.39, 0.29) is 60.4 Å². The molecule has 4 amide bonds. The molecule has 3 N–H and O–H groups in total. The Morgan fingerprint density at radius 1 is 1.00 bits per heavy atom. The second kappa shape index (κ2) is 11.6. The fraction of sp³-hybridized carbons (Fsp3) is 0.417. The number of ether oxygens (including phenoxy) is 2. The van der Waals surface area contributed by atoms with Crippen molar-refractivity contribution in [3.63, 3.8) is 0 Å². The van der Waals surface area contributed by atoms with Gasteiger partial charge in [-0.25, -0.2) is 18.0 Å². The zero-order valence-corrected chi connectivity index (χ0v) is 23.1. The van der Waals surface area contributed by atoms with Crippen molar-refractivity contribution in [3.05, 3.63) is 45.8 Å². The van der Waals surface area contributed by atoms with Gasteiger partial charge in [0.25, 0.3) is 11.8 Å². The summed E-state index contributed by atoms with van der Waals surface area (Å²) in [4.78, 5) is 52.7. The number of benzene rings is 1. The van der Waals surface area contributed by atoms with E-state index in [1.165, 1.54) is 45.5 Å². The molecule has 1 fully saturated rings. The van der Waals surface area contributed by atoms with Crippen LogP contribution in [-0.4, -0.2) is 93.0 Å². The van der Waals surface area contributed by atoms with Crippen LogP contribution in [0.2, 0.25) is 0 Å². The van der Waals surface area contributed by atoms with Gasteiger partial charge in [-0.1, -0.05) is 0 Å². The van der Waals surface area contributed by atoms with Gasteiger partial charge in [-0.05, 0) is 43.2 Å². The summed E-state index contributed by atoms with van der Waals surface area (Å²) in [5.74, 6) is -1.24. The molecule has 0 saturated carbocycles. The average Bonchev–Trinajstić information content (AvgIpc) is 3.30. The minimum atomic E-state index is -3.84. The molecule has 2 aliphatic heterocycles. The lowest BCUT2D eigenvalue weighted by Gasteiger charge is -2.33. The van der Waals surface area contributed by atoms with Gasteiger partial charge in [0.15, 0.2) is 0 Å². The Labute approximate surface area is 229 Å². The number of nitrogens with two attached hydrogens (primary N) is 1. The largest absolute Gasteiger partial charge is 0.453 e. The molecule has 4 rings (SSSR count). The minimum Gasteiger partial charge on any atom is -0.453 e. The lowest BCUT2D eigenvalue weighted by molar-refractivity contribution is 0.0933. The summed E-state index contributed by atoms with van der Waals surface area (Å²) in [6, 6.07) is 5.44. The van der Waals surface area contributed by atoms with Crippen molar-refractivity contribution in [2.75, 3.05) is 51.8 Å². The molecular formula is C24H29N5O8S2. The Bertz CT molecular complexity index is 1380. The minimum absolute atomic E-state index is 0.0101. The number of thiophene rings is 1. The van der Waals surface area contributed by atoms with Crippen molar-refractivity contribution in [2.45, 2.75) is 24.8 Å². The molecule has 0 radical (unpaired) electrons. The van der Waals surface area contributed by atoms with E-state index in [1.54, 1.807) is 6.92 Å². The summed E-state index contributed by atoms with van der Waals surface area (Å²) in [6.07, 6.45) is -0.580. The number of piperazine rings is 1. The maximum atomic E-state index is 13.1. The third-order valence-electron chi connectivity index (χ3n) is 6.48. The Kier molecular flexibility index (Phi) is 8.42. The molecule has 2 aromatic rings. The second-order valence-corrected chi connectivity index (χ2v) is 11.8. The summed E-state index contributed by atoms with van der Waals surface area (Å²) >= 11 is 1.15. The smallest absolute Gasteiger partial charge is 0.409 e. The van der Waals surface area contributed by atoms with Gasteiger partial charge in [0.2, 0.25) is 10.0 Å². The van der Waals surface area contributed by atoms with Gasteiger partial charge in [0, 0.05) is 43.2 Å². The van der Waals surface area contributed by atoms with Crippen molar-refractivity contribution in [1.82, 2.24) is 14.1 Å². The van der Waals surface area contributed by atoms with E-state index in [9.17, 15) is 27.6 Å². The lowest BCUT2D eigenvalue weighted by Crippen LogP contribution is -2.50.